The Kier molecular flexibility index (Phi) is 5.68. The van der Waals surface area contributed by atoms with Gasteiger partial charge < -0.3 is 19.9 Å². The summed E-state index contributed by atoms with van der Waals surface area (Å²) in [5.74, 6) is 1.35. The van der Waals surface area contributed by atoms with Crippen molar-refractivity contribution < 1.29 is 14.6 Å². The number of methoxy groups -OCH3 is 2. The molecule has 4 nitrogen and oxygen atoms in total. The molecule has 0 bridgehead atoms. The molecule has 18 heavy (non-hydrogen) atoms. The van der Waals surface area contributed by atoms with Crippen molar-refractivity contribution in [3.05, 3.63) is 35.9 Å². The first kappa shape index (κ1) is 14.5. The quantitative estimate of drug-likeness (QED) is 0.727. The van der Waals surface area contributed by atoms with Crippen LogP contribution in [0.25, 0.3) is 0 Å². The normalized spacial score (nSPS) is 12.0. The molecular formula is C14H21NO3. The van der Waals surface area contributed by atoms with Crippen LogP contribution in [0.3, 0.4) is 0 Å². The lowest BCUT2D eigenvalue weighted by molar-refractivity contribution is 0.171. The second-order valence-corrected chi connectivity index (χ2v) is 4.21. The van der Waals surface area contributed by atoms with Gasteiger partial charge in [0.2, 0.25) is 0 Å². The Labute approximate surface area is 108 Å². The number of hydrogen-bond acceptors (Lipinski definition) is 4. The molecule has 0 aliphatic heterocycles. The van der Waals surface area contributed by atoms with Gasteiger partial charge in [-0.15, -0.1) is 0 Å². The van der Waals surface area contributed by atoms with E-state index in [0.717, 1.165) is 5.57 Å². The largest absolute Gasteiger partial charge is 0.497 e. The Bertz CT molecular complexity index is 404. The lowest BCUT2D eigenvalue weighted by Gasteiger charge is -2.16. The van der Waals surface area contributed by atoms with E-state index in [1.165, 1.54) is 0 Å². The lowest BCUT2D eigenvalue weighted by atomic mass is 10.1. The van der Waals surface area contributed by atoms with E-state index in [-0.39, 0.29) is 0 Å². The van der Waals surface area contributed by atoms with E-state index in [1.807, 2.05) is 6.92 Å². The summed E-state index contributed by atoms with van der Waals surface area (Å²) in [6, 6.07) is 5.37. The third-order valence-corrected chi connectivity index (χ3v) is 2.56. The average molecular weight is 251 g/mol. The highest BCUT2D eigenvalue weighted by atomic mass is 16.5. The molecule has 0 amide bonds. The van der Waals surface area contributed by atoms with Crippen molar-refractivity contribution in [3.8, 4) is 11.5 Å². The van der Waals surface area contributed by atoms with Crippen molar-refractivity contribution >= 4 is 0 Å². The Balaban J connectivity index is 2.75. The van der Waals surface area contributed by atoms with E-state index in [2.05, 4.69) is 11.9 Å². The highest BCUT2D eigenvalue weighted by Crippen LogP contribution is 2.28. The Hall–Kier alpha value is -1.52. The fourth-order valence-corrected chi connectivity index (χ4v) is 1.63. The van der Waals surface area contributed by atoms with E-state index in [9.17, 15) is 5.11 Å². The van der Waals surface area contributed by atoms with Gasteiger partial charge in [0.05, 0.1) is 20.3 Å². The van der Waals surface area contributed by atoms with Crippen molar-refractivity contribution in [2.24, 2.45) is 0 Å². The number of aliphatic hydroxyl groups excluding tert-OH is 1. The molecule has 0 spiro atoms. The minimum Gasteiger partial charge on any atom is -0.497 e. The fraction of sp³-hybridized carbons (Fsp3) is 0.429. The molecule has 1 aromatic rings. The van der Waals surface area contributed by atoms with Crippen molar-refractivity contribution in [2.75, 3.05) is 27.3 Å². The summed E-state index contributed by atoms with van der Waals surface area (Å²) in [6.07, 6.45) is -0.644. The van der Waals surface area contributed by atoms with Crippen molar-refractivity contribution in [1.29, 1.82) is 0 Å². The number of nitrogens with one attached hydrogen (secondary N) is 1. The molecule has 0 aliphatic carbocycles. The molecule has 1 rings (SSSR count). The zero-order chi connectivity index (χ0) is 13.5. The van der Waals surface area contributed by atoms with E-state index in [0.29, 0.717) is 30.2 Å². The molecule has 1 aromatic carbocycles. The molecule has 0 aliphatic rings. The summed E-state index contributed by atoms with van der Waals surface area (Å²) in [4.78, 5) is 0. The first-order chi connectivity index (χ1) is 8.58. The smallest absolute Gasteiger partial charge is 0.124 e. The van der Waals surface area contributed by atoms with E-state index >= 15 is 0 Å². The summed E-state index contributed by atoms with van der Waals surface area (Å²) >= 11 is 0. The zero-order valence-corrected chi connectivity index (χ0v) is 11.2. The van der Waals surface area contributed by atoms with Crippen molar-refractivity contribution in [2.45, 2.75) is 13.0 Å². The summed E-state index contributed by atoms with van der Waals surface area (Å²) in [5, 5.41) is 13.3. The van der Waals surface area contributed by atoms with Crippen molar-refractivity contribution in [1.82, 2.24) is 5.32 Å². The van der Waals surface area contributed by atoms with Crippen LogP contribution >= 0.6 is 0 Å². The first-order valence-electron chi connectivity index (χ1n) is 5.83. The second-order valence-electron chi connectivity index (χ2n) is 4.21. The zero-order valence-electron chi connectivity index (χ0n) is 11.2. The number of benzene rings is 1. The van der Waals surface area contributed by atoms with Crippen LogP contribution in [0.2, 0.25) is 0 Å². The van der Waals surface area contributed by atoms with Gasteiger partial charge in [-0.1, -0.05) is 12.2 Å². The topological polar surface area (TPSA) is 50.7 Å². The van der Waals surface area contributed by atoms with Gasteiger partial charge >= 0.3 is 0 Å². The van der Waals surface area contributed by atoms with Gasteiger partial charge in [-0.3, -0.25) is 0 Å². The minimum absolute atomic E-state index is 0.441. The van der Waals surface area contributed by atoms with Gasteiger partial charge in [0.15, 0.2) is 0 Å². The summed E-state index contributed by atoms with van der Waals surface area (Å²) in [5.41, 5.74) is 1.74. The molecule has 100 valence electrons. The van der Waals surface area contributed by atoms with Gasteiger partial charge in [-0.05, 0) is 25.1 Å². The Morgan fingerprint density at radius 2 is 2.11 bits per heavy atom. The SMILES string of the molecule is C=C(C)CNCC(O)c1cc(OC)ccc1OC. The predicted octanol–water partition coefficient (Wildman–Crippen LogP) is 1.90. The molecule has 0 aromatic heterocycles. The van der Waals surface area contributed by atoms with Gasteiger partial charge in [-0.2, -0.15) is 0 Å². The van der Waals surface area contributed by atoms with Gasteiger partial charge in [0.1, 0.15) is 11.5 Å². The summed E-state index contributed by atoms with van der Waals surface area (Å²) in [7, 11) is 3.18. The molecule has 0 heterocycles. The van der Waals surface area contributed by atoms with Crippen LogP contribution in [0, 0.1) is 0 Å². The minimum atomic E-state index is -0.644. The predicted molar refractivity (Wildman–Crippen MR) is 72.2 cm³/mol. The number of rotatable bonds is 7. The fourth-order valence-electron chi connectivity index (χ4n) is 1.63. The number of ether oxygens (including phenoxy) is 2. The Morgan fingerprint density at radius 1 is 1.39 bits per heavy atom. The summed E-state index contributed by atoms with van der Waals surface area (Å²) < 4.78 is 10.4. The van der Waals surface area contributed by atoms with Crippen LogP contribution in [0.15, 0.2) is 30.4 Å². The van der Waals surface area contributed by atoms with Crippen LogP contribution in [0.1, 0.15) is 18.6 Å². The molecule has 0 saturated heterocycles. The van der Waals surface area contributed by atoms with Crippen LogP contribution in [-0.4, -0.2) is 32.4 Å². The molecule has 4 heteroatoms. The van der Waals surface area contributed by atoms with Gasteiger partial charge in [0.25, 0.3) is 0 Å². The molecule has 1 atom stereocenters. The third-order valence-electron chi connectivity index (χ3n) is 2.56. The number of hydrogen-bond donors (Lipinski definition) is 2. The number of aliphatic hydroxyl groups is 1. The van der Waals surface area contributed by atoms with Gasteiger partial charge in [0, 0.05) is 18.7 Å². The van der Waals surface area contributed by atoms with Crippen LogP contribution in [-0.2, 0) is 0 Å². The Morgan fingerprint density at radius 3 is 2.67 bits per heavy atom. The monoisotopic (exact) mass is 251 g/mol. The standard InChI is InChI=1S/C14H21NO3/c1-10(2)8-15-9-13(16)12-7-11(17-3)5-6-14(12)18-4/h5-7,13,15-16H,1,8-9H2,2-4H3. The molecule has 0 fully saturated rings. The third kappa shape index (κ3) is 4.05. The average Bonchev–Trinajstić information content (AvgIpc) is 2.37. The molecule has 0 saturated carbocycles. The highest BCUT2D eigenvalue weighted by Gasteiger charge is 2.14. The van der Waals surface area contributed by atoms with E-state index in [4.69, 9.17) is 9.47 Å². The highest BCUT2D eigenvalue weighted by molar-refractivity contribution is 5.41. The van der Waals surface area contributed by atoms with Crippen LogP contribution in [0.5, 0.6) is 11.5 Å². The van der Waals surface area contributed by atoms with E-state index in [1.54, 1.807) is 32.4 Å². The molecule has 2 N–H and O–H groups in total. The lowest BCUT2D eigenvalue weighted by Crippen LogP contribution is -2.23. The maximum absolute atomic E-state index is 10.1. The maximum Gasteiger partial charge on any atom is 0.124 e. The van der Waals surface area contributed by atoms with Crippen molar-refractivity contribution in [3.63, 3.8) is 0 Å². The first-order valence-corrected chi connectivity index (χ1v) is 5.83. The second kappa shape index (κ2) is 7.03. The molecule has 0 radical (unpaired) electrons. The van der Waals surface area contributed by atoms with E-state index < -0.39 is 6.10 Å². The molecule has 1 unspecified atom stereocenters. The maximum atomic E-state index is 10.1. The van der Waals surface area contributed by atoms with Crippen LogP contribution in [0.4, 0.5) is 0 Å². The summed E-state index contributed by atoms with van der Waals surface area (Å²) in [6.45, 7) is 6.86. The molecular weight excluding hydrogens is 230 g/mol. The van der Waals surface area contributed by atoms with Crippen LogP contribution < -0.4 is 14.8 Å². The van der Waals surface area contributed by atoms with Gasteiger partial charge in [-0.25, -0.2) is 0 Å².